The number of pyridine rings is 1. The molecule has 7 nitrogen and oxygen atoms in total. The molecule has 4 rings (SSSR count). The van der Waals surface area contributed by atoms with Crippen LogP contribution in [-0.4, -0.2) is 44.9 Å². The molecular formula is C23H23N5O2S2. The van der Waals surface area contributed by atoms with E-state index in [0.29, 0.717) is 22.3 Å². The number of carbonyl (C=O) groups excluding carboxylic acids is 2. The Morgan fingerprint density at radius 2 is 1.91 bits per heavy atom. The largest absolute Gasteiger partial charge is 0.339 e. The summed E-state index contributed by atoms with van der Waals surface area (Å²) in [5.41, 5.74) is 2.60. The molecule has 3 aromatic heterocycles. The van der Waals surface area contributed by atoms with Gasteiger partial charge in [0.1, 0.15) is 0 Å². The van der Waals surface area contributed by atoms with E-state index in [1.54, 1.807) is 43.8 Å². The number of aromatic nitrogens is 3. The number of nitrogens with one attached hydrogen (secondary N) is 1. The Labute approximate surface area is 194 Å². The molecule has 0 bridgehead atoms. The van der Waals surface area contributed by atoms with Crippen LogP contribution in [0.25, 0.3) is 21.6 Å². The average Bonchev–Trinajstić information content (AvgIpc) is 3.44. The molecule has 0 aliphatic heterocycles. The van der Waals surface area contributed by atoms with Crippen LogP contribution in [0.15, 0.2) is 58.9 Å². The SMILES string of the molecule is CC(C)n1ncc2c(C(=O)Nc3ccc(SC(=O)N(C)C)cc3)cc(-c3cccs3)nc21. The van der Waals surface area contributed by atoms with Gasteiger partial charge in [0.2, 0.25) is 0 Å². The molecule has 0 fully saturated rings. The fourth-order valence-corrected chi connectivity index (χ4v) is 4.47. The van der Waals surface area contributed by atoms with Gasteiger partial charge in [-0.3, -0.25) is 9.59 Å². The van der Waals surface area contributed by atoms with Crippen molar-refractivity contribution in [3.8, 4) is 10.6 Å². The van der Waals surface area contributed by atoms with E-state index in [2.05, 4.69) is 10.4 Å². The van der Waals surface area contributed by atoms with Crippen molar-refractivity contribution < 1.29 is 9.59 Å². The third-order valence-electron chi connectivity index (χ3n) is 4.76. The van der Waals surface area contributed by atoms with Crippen molar-refractivity contribution in [1.82, 2.24) is 19.7 Å². The average molecular weight is 466 g/mol. The van der Waals surface area contributed by atoms with Crippen molar-refractivity contribution in [1.29, 1.82) is 0 Å². The zero-order valence-corrected chi connectivity index (χ0v) is 19.8. The molecule has 2 amide bonds. The van der Waals surface area contributed by atoms with E-state index in [9.17, 15) is 9.59 Å². The number of carbonyl (C=O) groups is 2. The maximum Gasteiger partial charge on any atom is 0.285 e. The van der Waals surface area contributed by atoms with Crippen LogP contribution in [0.2, 0.25) is 0 Å². The molecule has 0 saturated carbocycles. The highest BCUT2D eigenvalue weighted by Gasteiger charge is 2.19. The van der Waals surface area contributed by atoms with Crippen molar-refractivity contribution >= 4 is 51.0 Å². The Morgan fingerprint density at radius 1 is 1.16 bits per heavy atom. The summed E-state index contributed by atoms with van der Waals surface area (Å²) in [6.07, 6.45) is 1.70. The van der Waals surface area contributed by atoms with E-state index in [1.165, 1.54) is 4.90 Å². The highest BCUT2D eigenvalue weighted by molar-refractivity contribution is 8.13. The van der Waals surface area contributed by atoms with Gasteiger partial charge in [0.05, 0.1) is 27.7 Å². The third-order valence-corrected chi connectivity index (χ3v) is 6.70. The lowest BCUT2D eigenvalue weighted by molar-refractivity contribution is 0.102. The molecule has 0 aliphatic carbocycles. The zero-order chi connectivity index (χ0) is 22.8. The smallest absolute Gasteiger partial charge is 0.285 e. The minimum Gasteiger partial charge on any atom is -0.339 e. The van der Waals surface area contributed by atoms with Crippen molar-refractivity contribution in [2.75, 3.05) is 19.4 Å². The van der Waals surface area contributed by atoms with E-state index >= 15 is 0 Å². The van der Waals surface area contributed by atoms with Gasteiger partial charge in [0.25, 0.3) is 11.1 Å². The highest BCUT2D eigenvalue weighted by atomic mass is 32.2. The second kappa shape index (κ2) is 9.13. The summed E-state index contributed by atoms with van der Waals surface area (Å²) in [7, 11) is 3.43. The number of anilines is 1. The predicted molar refractivity (Wildman–Crippen MR) is 131 cm³/mol. The summed E-state index contributed by atoms with van der Waals surface area (Å²) >= 11 is 2.72. The van der Waals surface area contributed by atoms with Crippen LogP contribution < -0.4 is 5.32 Å². The number of thiophene rings is 1. The van der Waals surface area contributed by atoms with E-state index < -0.39 is 0 Å². The van der Waals surface area contributed by atoms with Gasteiger partial charge in [0.15, 0.2) is 5.65 Å². The summed E-state index contributed by atoms with van der Waals surface area (Å²) in [5, 5.41) is 10.1. The first kappa shape index (κ1) is 22.0. The van der Waals surface area contributed by atoms with Gasteiger partial charge in [-0.2, -0.15) is 5.10 Å². The normalized spacial score (nSPS) is 11.2. The number of nitrogens with zero attached hydrogens (tertiary/aromatic N) is 4. The lowest BCUT2D eigenvalue weighted by Crippen LogP contribution is -2.16. The van der Waals surface area contributed by atoms with Gasteiger partial charge < -0.3 is 10.2 Å². The van der Waals surface area contributed by atoms with Crippen LogP contribution in [0, 0.1) is 0 Å². The number of benzene rings is 1. The predicted octanol–water partition coefficient (Wildman–Crippen LogP) is 5.77. The number of amides is 2. The lowest BCUT2D eigenvalue weighted by atomic mass is 10.1. The van der Waals surface area contributed by atoms with Crippen molar-refractivity contribution in [3.63, 3.8) is 0 Å². The maximum absolute atomic E-state index is 13.2. The Morgan fingerprint density at radius 3 is 2.53 bits per heavy atom. The summed E-state index contributed by atoms with van der Waals surface area (Å²) < 4.78 is 1.83. The van der Waals surface area contributed by atoms with E-state index in [1.807, 2.05) is 54.2 Å². The first-order valence-corrected chi connectivity index (χ1v) is 11.8. The minimum atomic E-state index is -0.233. The fourth-order valence-electron chi connectivity index (χ4n) is 3.13. The molecular weight excluding hydrogens is 442 g/mol. The molecule has 32 heavy (non-hydrogen) atoms. The van der Waals surface area contributed by atoms with Crippen molar-refractivity contribution in [3.05, 3.63) is 59.6 Å². The molecule has 0 radical (unpaired) electrons. The Bertz CT molecular complexity index is 1260. The molecule has 9 heteroatoms. The highest BCUT2D eigenvalue weighted by Crippen LogP contribution is 2.30. The van der Waals surface area contributed by atoms with Crippen LogP contribution in [-0.2, 0) is 0 Å². The number of rotatable bonds is 5. The fraction of sp³-hybridized carbons (Fsp3) is 0.217. The number of fused-ring (bicyclic) bond motifs is 1. The number of hydrogen-bond acceptors (Lipinski definition) is 6. The molecule has 4 aromatic rings. The maximum atomic E-state index is 13.2. The van der Waals surface area contributed by atoms with Crippen LogP contribution in [0.1, 0.15) is 30.2 Å². The summed E-state index contributed by atoms with van der Waals surface area (Å²) in [6, 6.07) is 13.1. The van der Waals surface area contributed by atoms with Crippen LogP contribution in [0.5, 0.6) is 0 Å². The van der Waals surface area contributed by atoms with Gasteiger partial charge in [-0.15, -0.1) is 11.3 Å². The Kier molecular flexibility index (Phi) is 6.29. The van der Waals surface area contributed by atoms with Crippen molar-refractivity contribution in [2.45, 2.75) is 24.8 Å². The molecule has 1 N–H and O–H groups in total. The van der Waals surface area contributed by atoms with Gasteiger partial charge in [0, 0.05) is 30.7 Å². The minimum absolute atomic E-state index is 0.0516. The molecule has 0 atom stereocenters. The monoisotopic (exact) mass is 465 g/mol. The molecule has 0 saturated heterocycles. The first-order valence-electron chi connectivity index (χ1n) is 10.1. The zero-order valence-electron chi connectivity index (χ0n) is 18.2. The van der Waals surface area contributed by atoms with E-state index in [4.69, 9.17) is 4.98 Å². The van der Waals surface area contributed by atoms with Crippen LogP contribution in [0.3, 0.4) is 0 Å². The number of thioether (sulfide) groups is 1. The summed E-state index contributed by atoms with van der Waals surface area (Å²) in [6.45, 7) is 4.07. The third kappa shape index (κ3) is 4.53. The summed E-state index contributed by atoms with van der Waals surface area (Å²) in [5.74, 6) is -0.233. The quantitative estimate of drug-likeness (QED) is 0.379. The van der Waals surface area contributed by atoms with Gasteiger partial charge >= 0.3 is 0 Å². The second-order valence-electron chi connectivity index (χ2n) is 7.69. The number of hydrogen-bond donors (Lipinski definition) is 1. The van der Waals surface area contributed by atoms with E-state index in [-0.39, 0.29) is 17.2 Å². The Hall–Kier alpha value is -3.17. The second-order valence-corrected chi connectivity index (χ2v) is 9.67. The van der Waals surface area contributed by atoms with Gasteiger partial charge in [-0.05, 0) is 67.4 Å². The first-order chi connectivity index (χ1) is 15.3. The standard InChI is InChI=1S/C23H23N5O2S2/c1-14(2)28-21-18(13-24-28)17(12-19(26-21)20-6-5-11-31-20)22(29)25-15-7-9-16(10-8-15)32-23(30)27(3)4/h5-14H,1-4H3,(H,25,29). The van der Waals surface area contributed by atoms with Crippen molar-refractivity contribution in [2.24, 2.45) is 0 Å². The van der Waals surface area contributed by atoms with Gasteiger partial charge in [-0.25, -0.2) is 9.67 Å². The molecule has 1 aromatic carbocycles. The molecule has 3 heterocycles. The van der Waals surface area contributed by atoms with Crippen LogP contribution >= 0.6 is 23.1 Å². The Balaban J connectivity index is 1.65. The van der Waals surface area contributed by atoms with E-state index in [0.717, 1.165) is 27.2 Å². The molecule has 0 aliphatic rings. The van der Waals surface area contributed by atoms with Crippen LogP contribution in [0.4, 0.5) is 10.5 Å². The molecule has 0 spiro atoms. The topological polar surface area (TPSA) is 80.1 Å². The molecule has 164 valence electrons. The molecule has 0 unspecified atom stereocenters. The van der Waals surface area contributed by atoms with Gasteiger partial charge in [-0.1, -0.05) is 6.07 Å². The summed E-state index contributed by atoms with van der Waals surface area (Å²) in [4.78, 5) is 33.2. The lowest BCUT2D eigenvalue weighted by Gasteiger charge is -2.11.